The molecule has 28 heavy (non-hydrogen) atoms. The molecule has 1 aliphatic heterocycles. The van der Waals surface area contributed by atoms with Crippen molar-refractivity contribution in [3.63, 3.8) is 0 Å². The summed E-state index contributed by atoms with van der Waals surface area (Å²) < 4.78 is 14.0. The lowest BCUT2D eigenvalue weighted by Crippen LogP contribution is -2.39. The first-order valence-electron chi connectivity index (χ1n) is 8.20. The first kappa shape index (κ1) is 18.3. The van der Waals surface area contributed by atoms with Crippen molar-refractivity contribution in [2.24, 2.45) is 10.8 Å². The minimum Gasteiger partial charge on any atom is -0.368 e. The molecule has 2 aromatic carbocycles. The summed E-state index contributed by atoms with van der Waals surface area (Å²) in [6, 6.07) is 9.82. The summed E-state index contributed by atoms with van der Waals surface area (Å²) in [6.07, 6.45) is 0.0370. The predicted octanol–water partition coefficient (Wildman–Crippen LogP) is 3.15. The van der Waals surface area contributed by atoms with Crippen molar-refractivity contribution in [2.45, 2.75) is 12.5 Å². The Morgan fingerprint density at radius 3 is 2.71 bits per heavy atom. The highest BCUT2D eigenvalue weighted by atomic mass is 35.5. The van der Waals surface area contributed by atoms with Gasteiger partial charge in [0, 0.05) is 11.4 Å². The molecular formula is C18H13ClFN5O2S. The number of hydrazone groups is 1. The third-order valence-corrected chi connectivity index (χ3v) is 5.33. The highest BCUT2D eigenvalue weighted by molar-refractivity contribution is 7.22. The Kier molecular flexibility index (Phi) is 4.70. The molecule has 2 amide bonds. The SMILES string of the molecule is NC(=O)C1CC(C(=O)Nc2nc3ccc(Cl)cc3s2)=NN1c1ccc(F)cc1. The number of nitrogens with zero attached hydrogens (tertiary/aromatic N) is 3. The molecule has 0 bridgehead atoms. The fourth-order valence-corrected chi connectivity index (χ4v) is 3.96. The van der Waals surface area contributed by atoms with Crippen LogP contribution in [0.2, 0.25) is 5.02 Å². The van der Waals surface area contributed by atoms with E-state index < -0.39 is 23.7 Å². The van der Waals surface area contributed by atoms with Gasteiger partial charge in [-0.05, 0) is 42.5 Å². The summed E-state index contributed by atoms with van der Waals surface area (Å²) in [4.78, 5) is 28.8. The van der Waals surface area contributed by atoms with Gasteiger partial charge in [0.1, 0.15) is 17.6 Å². The normalized spacial score (nSPS) is 16.3. The molecule has 4 rings (SSSR count). The lowest BCUT2D eigenvalue weighted by atomic mass is 10.1. The van der Waals surface area contributed by atoms with E-state index in [0.717, 1.165) is 4.70 Å². The Labute approximate surface area is 167 Å². The van der Waals surface area contributed by atoms with Crippen LogP contribution in [-0.2, 0) is 9.59 Å². The fraction of sp³-hybridized carbons (Fsp3) is 0.111. The van der Waals surface area contributed by atoms with Gasteiger partial charge in [0.25, 0.3) is 5.91 Å². The summed E-state index contributed by atoms with van der Waals surface area (Å²) in [5, 5.41) is 9.21. The Hall–Kier alpha value is -3.04. The molecule has 0 spiro atoms. The zero-order chi connectivity index (χ0) is 19.8. The van der Waals surface area contributed by atoms with Gasteiger partial charge in [-0.15, -0.1) is 0 Å². The standard InChI is InChI=1S/C18H13ClFN5O2S/c19-9-1-6-12-15(7-9)28-18(22-12)23-17(27)13-8-14(16(21)26)25(24-13)11-4-2-10(20)3-5-11/h1-7,14H,8H2,(H2,21,26)(H,22,23,27). The number of nitrogens with one attached hydrogen (secondary N) is 1. The summed E-state index contributed by atoms with van der Waals surface area (Å²) >= 11 is 7.24. The molecule has 3 aromatic rings. The second-order valence-corrected chi connectivity index (χ2v) is 7.54. The first-order valence-corrected chi connectivity index (χ1v) is 9.39. The maximum absolute atomic E-state index is 13.2. The number of carbonyl (C=O) groups excluding carboxylic acids is 2. The Balaban J connectivity index is 1.58. The van der Waals surface area contributed by atoms with E-state index in [4.69, 9.17) is 17.3 Å². The maximum Gasteiger partial charge on any atom is 0.273 e. The van der Waals surface area contributed by atoms with Crippen LogP contribution in [0.1, 0.15) is 6.42 Å². The average Bonchev–Trinajstić information content (AvgIpc) is 3.26. The van der Waals surface area contributed by atoms with Crippen molar-refractivity contribution in [3.05, 3.63) is 53.3 Å². The number of primary amides is 1. The summed E-state index contributed by atoms with van der Waals surface area (Å²) in [7, 11) is 0. The number of carbonyl (C=O) groups is 2. The van der Waals surface area contributed by atoms with Gasteiger partial charge in [0.2, 0.25) is 5.91 Å². The van der Waals surface area contributed by atoms with E-state index in [1.807, 2.05) is 0 Å². The van der Waals surface area contributed by atoms with Gasteiger partial charge in [-0.2, -0.15) is 5.10 Å². The van der Waals surface area contributed by atoms with Crippen LogP contribution in [0.15, 0.2) is 47.6 Å². The van der Waals surface area contributed by atoms with Crippen LogP contribution in [0, 0.1) is 5.82 Å². The molecule has 0 aliphatic carbocycles. The monoisotopic (exact) mass is 417 g/mol. The highest BCUT2D eigenvalue weighted by Crippen LogP contribution is 2.29. The number of fused-ring (bicyclic) bond motifs is 1. The number of nitrogens with two attached hydrogens (primary N) is 1. The summed E-state index contributed by atoms with van der Waals surface area (Å²) in [5.74, 6) is -1.54. The van der Waals surface area contributed by atoms with Gasteiger partial charge < -0.3 is 5.73 Å². The number of anilines is 2. The van der Waals surface area contributed by atoms with Crippen LogP contribution >= 0.6 is 22.9 Å². The fourth-order valence-electron chi connectivity index (χ4n) is 2.82. The lowest BCUT2D eigenvalue weighted by molar-refractivity contribution is -0.119. The van der Waals surface area contributed by atoms with Gasteiger partial charge in [-0.1, -0.05) is 22.9 Å². The molecule has 7 nitrogen and oxygen atoms in total. The number of amides is 2. The predicted molar refractivity (Wildman–Crippen MR) is 107 cm³/mol. The topological polar surface area (TPSA) is 101 Å². The number of benzene rings is 2. The minimum absolute atomic E-state index is 0.0370. The number of hydrogen-bond acceptors (Lipinski definition) is 6. The second kappa shape index (κ2) is 7.17. The number of halogens is 2. The van der Waals surface area contributed by atoms with Crippen molar-refractivity contribution >= 4 is 61.5 Å². The number of hydrogen-bond donors (Lipinski definition) is 2. The molecular weight excluding hydrogens is 405 g/mol. The van der Waals surface area contributed by atoms with Crippen molar-refractivity contribution in [1.82, 2.24) is 4.98 Å². The Morgan fingerprint density at radius 1 is 1.25 bits per heavy atom. The molecule has 0 saturated carbocycles. The van der Waals surface area contributed by atoms with Crippen LogP contribution in [0.4, 0.5) is 15.2 Å². The van der Waals surface area contributed by atoms with Gasteiger partial charge in [-0.25, -0.2) is 9.37 Å². The molecule has 0 radical (unpaired) electrons. The van der Waals surface area contributed by atoms with Crippen molar-refractivity contribution in [1.29, 1.82) is 0 Å². The molecule has 1 atom stereocenters. The van der Waals surface area contributed by atoms with E-state index in [-0.39, 0.29) is 12.1 Å². The van der Waals surface area contributed by atoms with Crippen LogP contribution in [0.3, 0.4) is 0 Å². The maximum atomic E-state index is 13.2. The van der Waals surface area contributed by atoms with E-state index in [1.165, 1.54) is 40.6 Å². The number of aromatic nitrogens is 1. The van der Waals surface area contributed by atoms with E-state index in [1.54, 1.807) is 18.2 Å². The molecule has 0 saturated heterocycles. The van der Waals surface area contributed by atoms with Crippen molar-refractivity contribution < 1.29 is 14.0 Å². The van der Waals surface area contributed by atoms with Gasteiger partial charge in [-0.3, -0.25) is 19.9 Å². The second-order valence-electron chi connectivity index (χ2n) is 6.08. The third-order valence-electron chi connectivity index (χ3n) is 4.16. The average molecular weight is 418 g/mol. The van der Waals surface area contributed by atoms with Gasteiger partial charge >= 0.3 is 0 Å². The highest BCUT2D eigenvalue weighted by Gasteiger charge is 2.35. The smallest absolute Gasteiger partial charge is 0.273 e. The van der Waals surface area contributed by atoms with Crippen LogP contribution in [0.25, 0.3) is 10.2 Å². The van der Waals surface area contributed by atoms with E-state index in [0.29, 0.717) is 21.4 Å². The Bertz CT molecular complexity index is 1110. The van der Waals surface area contributed by atoms with Crippen LogP contribution in [0.5, 0.6) is 0 Å². The molecule has 142 valence electrons. The van der Waals surface area contributed by atoms with Gasteiger partial charge in [0.15, 0.2) is 5.13 Å². The van der Waals surface area contributed by atoms with E-state index >= 15 is 0 Å². The summed E-state index contributed by atoms with van der Waals surface area (Å²) in [5.41, 5.74) is 6.75. The van der Waals surface area contributed by atoms with Crippen molar-refractivity contribution in [2.75, 3.05) is 10.3 Å². The molecule has 1 aromatic heterocycles. The quantitative estimate of drug-likeness (QED) is 0.680. The van der Waals surface area contributed by atoms with E-state index in [9.17, 15) is 14.0 Å². The first-order chi connectivity index (χ1) is 13.4. The minimum atomic E-state index is -0.833. The molecule has 0 fully saturated rings. The largest absolute Gasteiger partial charge is 0.368 e. The molecule has 1 unspecified atom stereocenters. The molecule has 1 aliphatic rings. The Morgan fingerprint density at radius 2 is 2.00 bits per heavy atom. The van der Waals surface area contributed by atoms with Crippen LogP contribution in [-0.4, -0.2) is 28.6 Å². The van der Waals surface area contributed by atoms with Crippen molar-refractivity contribution in [3.8, 4) is 0 Å². The molecule has 2 heterocycles. The lowest BCUT2D eigenvalue weighted by Gasteiger charge is -2.20. The van der Waals surface area contributed by atoms with Gasteiger partial charge in [0.05, 0.1) is 15.9 Å². The zero-order valence-electron chi connectivity index (χ0n) is 14.2. The van der Waals surface area contributed by atoms with E-state index in [2.05, 4.69) is 15.4 Å². The zero-order valence-corrected chi connectivity index (χ0v) is 15.8. The number of rotatable bonds is 4. The number of thiazole rings is 1. The van der Waals surface area contributed by atoms with Crippen LogP contribution < -0.4 is 16.1 Å². The summed E-state index contributed by atoms with van der Waals surface area (Å²) in [6.45, 7) is 0. The third kappa shape index (κ3) is 3.54. The molecule has 10 heteroatoms. The molecule has 3 N–H and O–H groups in total.